The molecule has 0 aromatic heterocycles. The van der Waals surface area contributed by atoms with Crippen LogP contribution >= 0.6 is 35.0 Å². The largest absolute Gasteiger partial charge is 0.354 e. The molecule has 0 radical (unpaired) electrons. The van der Waals surface area contributed by atoms with Crippen molar-refractivity contribution in [3.63, 3.8) is 0 Å². The Labute approximate surface area is 209 Å². The van der Waals surface area contributed by atoms with Gasteiger partial charge in [0.15, 0.2) is 0 Å². The predicted octanol–water partition coefficient (Wildman–Crippen LogP) is 5.55. The average Bonchev–Trinajstić information content (AvgIpc) is 2.79. The Morgan fingerprint density at radius 1 is 0.970 bits per heavy atom. The van der Waals surface area contributed by atoms with Crippen molar-refractivity contribution in [3.05, 3.63) is 94.0 Å². The Balaban J connectivity index is 1.66. The summed E-state index contributed by atoms with van der Waals surface area (Å²) in [4.78, 5) is 12.8. The second kappa shape index (κ2) is 11.8. The molecule has 1 N–H and O–H groups in total. The molecule has 3 rings (SSSR count). The van der Waals surface area contributed by atoms with E-state index in [-0.39, 0.29) is 17.3 Å². The standard InChI is InChI=1S/C24H24Cl2N2O3S2/c1-18-6-2-5-9-23(18)28(33(30,31)21-12-10-20(25)11-13-21)16-24(29)27-14-15-32-17-19-7-3-4-8-22(19)26/h2-13H,14-17H2,1H3,(H,27,29). The second-order valence-corrected chi connectivity index (χ2v) is 11.1. The number of benzene rings is 3. The van der Waals surface area contributed by atoms with Gasteiger partial charge in [0.05, 0.1) is 10.6 Å². The van der Waals surface area contributed by atoms with E-state index in [9.17, 15) is 13.2 Å². The molecule has 1 amide bonds. The Kier molecular flexibility index (Phi) is 9.09. The van der Waals surface area contributed by atoms with Crippen LogP contribution in [0, 0.1) is 6.92 Å². The van der Waals surface area contributed by atoms with Gasteiger partial charge in [-0.15, -0.1) is 0 Å². The first-order valence-electron chi connectivity index (χ1n) is 10.2. The number of carbonyl (C=O) groups is 1. The lowest BCUT2D eigenvalue weighted by molar-refractivity contribution is -0.119. The first kappa shape index (κ1) is 25.4. The topological polar surface area (TPSA) is 66.5 Å². The van der Waals surface area contributed by atoms with Crippen LogP contribution in [-0.4, -0.2) is 33.2 Å². The SMILES string of the molecule is Cc1ccccc1N(CC(=O)NCCSCc1ccccc1Cl)S(=O)(=O)c1ccc(Cl)cc1. The van der Waals surface area contributed by atoms with Crippen molar-refractivity contribution in [2.75, 3.05) is 23.1 Å². The van der Waals surface area contributed by atoms with Crippen LogP contribution in [0.25, 0.3) is 0 Å². The number of hydrogen-bond acceptors (Lipinski definition) is 4. The number of aryl methyl sites for hydroxylation is 1. The molecule has 3 aromatic rings. The van der Waals surface area contributed by atoms with Gasteiger partial charge in [-0.05, 0) is 54.4 Å². The number of sulfonamides is 1. The summed E-state index contributed by atoms with van der Waals surface area (Å²) in [6.07, 6.45) is 0. The third-order valence-corrected chi connectivity index (χ3v) is 8.26. The lowest BCUT2D eigenvalue weighted by Crippen LogP contribution is -2.41. The molecule has 174 valence electrons. The van der Waals surface area contributed by atoms with E-state index in [0.717, 1.165) is 26.2 Å². The summed E-state index contributed by atoms with van der Waals surface area (Å²) < 4.78 is 27.9. The fourth-order valence-electron chi connectivity index (χ4n) is 3.12. The fraction of sp³-hybridized carbons (Fsp3) is 0.208. The fourth-order valence-corrected chi connectivity index (χ4v) is 5.88. The van der Waals surface area contributed by atoms with Gasteiger partial charge in [0.1, 0.15) is 6.54 Å². The zero-order chi connectivity index (χ0) is 23.8. The number of nitrogens with one attached hydrogen (secondary N) is 1. The molecule has 0 aliphatic carbocycles. The van der Waals surface area contributed by atoms with E-state index in [1.807, 2.05) is 43.3 Å². The number of nitrogens with zero attached hydrogens (tertiary/aromatic N) is 1. The highest BCUT2D eigenvalue weighted by atomic mass is 35.5. The van der Waals surface area contributed by atoms with Gasteiger partial charge in [-0.25, -0.2) is 8.42 Å². The van der Waals surface area contributed by atoms with E-state index in [1.165, 1.54) is 24.3 Å². The number of anilines is 1. The van der Waals surface area contributed by atoms with Crippen LogP contribution in [0.3, 0.4) is 0 Å². The van der Waals surface area contributed by atoms with E-state index < -0.39 is 10.0 Å². The third kappa shape index (κ3) is 6.90. The Morgan fingerprint density at radius 3 is 2.33 bits per heavy atom. The van der Waals surface area contributed by atoms with E-state index in [2.05, 4.69) is 5.32 Å². The number of para-hydroxylation sites is 1. The summed E-state index contributed by atoms with van der Waals surface area (Å²) in [5.74, 6) is 1.02. The summed E-state index contributed by atoms with van der Waals surface area (Å²) in [5, 5.41) is 3.97. The van der Waals surface area contributed by atoms with E-state index in [4.69, 9.17) is 23.2 Å². The molecule has 0 aliphatic heterocycles. The molecule has 0 spiro atoms. The van der Waals surface area contributed by atoms with E-state index >= 15 is 0 Å². The van der Waals surface area contributed by atoms with Gasteiger partial charge in [-0.1, -0.05) is 59.6 Å². The number of hydrogen-bond donors (Lipinski definition) is 1. The third-order valence-electron chi connectivity index (χ3n) is 4.86. The number of halogens is 2. The van der Waals surface area contributed by atoms with Crippen molar-refractivity contribution >= 4 is 56.6 Å². The molecule has 0 saturated heterocycles. The molecule has 0 heterocycles. The molecule has 33 heavy (non-hydrogen) atoms. The molecule has 0 fully saturated rings. The summed E-state index contributed by atoms with van der Waals surface area (Å²) >= 11 is 13.7. The molecular weight excluding hydrogens is 499 g/mol. The number of carbonyl (C=O) groups excluding carboxylic acids is 1. The summed E-state index contributed by atoms with van der Waals surface area (Å²) in [6, 6.07) is 20.6. The smallest absolute Gasteiger partial charge is 0.264 e. The maximum atomic E-state index is 13.4. The van der Waals surface area contributed by atoms with Gasteiger partial charge in [0.25, 0.3) is 10.0 Å². The predicted molar refractivity (Wildman–Crippen MR) is 138 cm³/mol. The van der Waals surface area contributed by atoms with Gasteiger partial charge < -0.3 is 5.32 Å². The van der Waals surface area contributed by atoms with Crippen LogP contribution in [0.4, 0.5) is 5.69 Å². The Bertz CT molecular complexity index is 1200. The van der Waals surface area contributed by atoms with Gasteiger partial charge in [0, 0.05) is 28.1 Å². The molecule has 0 aliphatic rings. The Hall–Kier alpha value is -2.19. The minimum absolute atomic E-state index is 0.0678. The molecule has 5 nitrogen and oxygen atoms in total. The van der Waals surface area contributed by atoms with Crippen molar-refractivity contribution in [2.24, 2.45) is 0 Å². The highest BCUT2D eigenvalue weighted by Crippen LogP contribution is 2.27. The maximum absolute atomic E-state index is 13.4. The Morgan fingerprint density at radius 2 is 1.64 bits per heavy atom. The van der Waals surface area contributed by atoms with Gasteiger partial charge in [-0.3, -0.25) is 9.10 Å². The van der Waals surface area contributed by atoms with Crippen molar-refractivity contribution < 1.29 is 13.2 Å². The summed E-state index contributed by atoms with van der Waals surface area (Å²) in [5.41, 5.74) is 2.24. The highest BCUT2D eigenvalue weighted by Gasteiger charge is 2.28. The number of thioether (sulfide) groups is 1. The quantitative estimate of drug-likeness (QED) is 0.354. The molecule has 0 saturated carbocycles. The van der Waals surface area contributed by atoms with E-state index in [1.54, 1.807) is 23.9 Å². The molecule has 9 heteroatoms. The molecule has 0 bridgehead atoms. The van der Waals surface area contributed by atoms with Crippen molar-refractivity contribution in [1.29, 1.82) is 0 Å². The monoisotopic (exact) mass is 522 g/mol. The average molecular weight is 524 g/mol. The molecule has 3 aromatic carbocycles. The maximum Gasteiger partial charge on any atom is 0.264 e. The lowest BCUT2D eigenvalue weighted by atomic mass is 10.2. The van der Waals surface area contributed by atoms with Crippen molar-refractivity contribution in [1.82, 2.24) is 5.32 Å². The normalized spacial score (nSPS) is 11.2. The minimum Gasteiger partial charge on any atom is -0.354 e. The zero-order valence-corrected chi connectivity index (χ0v) is 21.1. The van der Waals surface area contributed by atoms with Crippen LogP contribution in [0.15, 0.2) is 77.7 Å². The lowest BCUT2D eigenvalue weighted by Gasteiger charge is -2.25. The van der Waals surface area contributed by atoms with Crippen molar-refractivity contribution in [2.45, 2.75) is 17.6 Å². The van der Waals surface area contributed by atoms with Gasteiger partial charge in [-0.2, -0.15) is 11.8 Å². The van der Waals surface area contributed by atoms with Crippen LogP contribution in [0.2, 0.25) is 10.0 Å². The van der Waals surface area contributed by atoms with Crippen LogP contribution in [0.5, 0.6) is 0 Å². The number of rotatable bonds is 10. The van der Waals surface area contributed by atoms with Gasteiger partial charge >= 0.3 is 0 Å². The van der Waals surface area contributed by atoms with Crippen LogP contribution in [0.1, 0.15) is 11.1 Å². The summed E-state index contributed by atoms with van der Waals surface area (Å²) in [6.45, 7) is 1.89. The van der Waals surface area contributed by atoms with Crippen LogP contribution < -0.4 is 9.62 Å². The molecule has 0 atom stereocenters. The molecule has 0 unspecified atom stereocenters. The minimum atomic E-state index is -3.97. The van der Waals surface area contributed by atoms with Gasteiger partial charge in [0.2, 0.25) is 5.91 Å². The summed E-state index contributed by atoms with van der Waals surface area (Å²) in [7, 11) is -3.97. The first-order chi connectivity index (χ1) is 15.8. The van der Waals surface area contributed by atoms with Crippen molar-refractivity contribution in [3.8, 4) is 0 Å². The first-order valence-corrected chi connectivity index (χ1v) is 13.6. The number of amides is 1. The second-order valence-electron chi connectivity index (χ2n) is 7.25. The van der Waals surface area contributed by atoms with Crippen LogP contribution in [-0.2, 0) is 20.6 Å². The molecular formula is C24H24Cl2N2O3S2. The highest BCUT2D eigenvalue weighted by molar-refractivity contribution is 7.98. The van der Waals surface area contributed by atoms with E-state index in [0.29, 0.717) is 23.0 Å². The zero-order valence-electron chi connectivity index (χ0n) is 18.0.